The van der Waals surface area contributed by atoms with Gasteiger partial charge in [0.15, 0.2) is 6.61 Å². The van der Waals surface area contributed by atoms with E-state index in [2.05, 4.69) is 0 Å². The van der Waals surface area contributed by atoms with E-state index in [1.807, 2.05) is 0 Å². The Hall–Kier alpha value is -3.30. The topological polar surface area (TPSA) is 93.1 Å². The number of carbonyl (C=O) groups is 2. The van der Waals surface area contributed by atoms with Crippen LogP contribution >= 0.6 is 0 Å². The highest BCUT2D eigenvalue weighted by Crippen LogP contribution is 2.34. The van der Waals surface area contributed by atoms with Gasteiger partial charge in [-0.2, -0.15) is 13.2 Å². The first kappa shape index (κ1) is 19.0. The second-order valence-electron chi connectivity index (χ2n) is 4.89. The Balaban J connectivity index is 2.27. The zero-order valence-electron chi connectivity index (χ0n) is 12.7. The Labute approximate surface area is 143 Å². The van der Waals surface area contributed by atoms with E-state index >= 15 is 0 Å². The first-order chi connectivity index (χ1) is 12.1. The maximum Gasteiger partial charge on any atom is 0.419 e. The van der Waals surface area contributed by atoms with Crippen LogP contribution in [-0.4, -0.2) is 28.8 Å². The number of alkyl halides is 3. The van der Waals surface area contributed by atoms with E-state index in [-0.39, 0.29) is 17.2 Å². The Morgan fingerprint density at radius 2 is 1.62 bits per heavy atom. The standard InChI is InChI=1S/C16H10F4O6/c17-12-6-9(1-3-11(12)16(18,19)20)26-8-2-4-13(25-7-14(21)22)10(5-8)15(23)24/h1-6H,7H2,(H,21,22)(H,23,24). The highest BCUT2D eigenvalue weighted by molar-refractivity contribution is 5.91. The van der Waals surface area contributed by atoms with Gasteiger partial charge in [-0.15, -0.1) is 0 Å². The molecule has 0 spiro atoms. The largest absolute Gasteiger partial charge is 0.481 e. The molecule has 0 heterocycles. The fourth-order valence-electron chi connectivity index (χ4n) is 1.93. The average Bonchev–Trinajstić information content (AvgIpc) is 2.52. The lowest BCUT2D eigenvalue weighted by molar-refractivity contribution is -0.140. The number of rotatable bonds is 6. The zero-order chi connectivity index (χ0) is 19.5. The smallest absolute Gasteiger partial charge is 0.419 e. The number of carboxylic acids is 2. The van der Waals surface area contributed by atoms with Crippen LogP contribution < -0.4 is 9.47 Å². The molecule has 10 heteroatoms. The summed E-state index contributed by atoms with van der Waals surface area (Å²) >= 11 is 0. The van der Waals surface area contributed by atoms with Crippen LogP contribution in [-0.2, 0) is 11.0 Å². The lowest BCUT2D eigenvalue weighted by Crippen LogP contribution is -2.12. The fourth-order valence-corrected chi connectivity index (χ4v) is 1.93. The van der Waals surface area contributed by atoms with E-state index in [4.69, 9.17) is 19.7 Å². The van der Waals surface area contributed by atoms with Gasteiger partial charge in [-0.25, -0.2) is 14.0 Å². The Morgan fingerprint density at radius 3 is 2.15 bits per heavy atom. The van der Waals surface area contributed by atoms with Crippen LogP contribution in [0, 0.1) is 5.82 Å². The maximum atomic E-state index is 13.5. The van der Waals surface area contributed by atoms with Gasteiger partial charge in [0.2, 0.25) is 0 Å². The number of hydrogen-bond acceptors (Lipinski definition) is 4. The summed E-state index contributed by atoms with van der Waals surface area (Å²) in [5, 5.41) is 17.7. The molecule has 0 saturated heterocycles. The van der Waals surface area contributed by atoms with Crippen molar-refractivity contribution in [3.05, 3.63) is 53.3 Å². The number of halogens is 4. The Morgan fingerprint density at radius 1 is 1.00 bits per heavy atom. The number of carboxylic acid groups (broad SMARTS) is 2. The van der Waals surface area contributed by atoms with E-state index in [1.165, 1.54) is 6.07 Å². The van der Waals surface area contributed by atoms with Crippen LogP contribution in [0.1, 0.15) is 15.9 Å². The van der Waals surface area contributed by atoms with Gasteiger partial charge in [-0.1, -0.05) is 0 Å². The van der Waals surface area contributed by atoms with Crippen LogP contribution in [0.5, 0.6) is 17.2 Å². The summed E-state index contributed by atoms with van der Waals surface area (Å²) in [6.07, 6.45) is -4.86. The van der Waals surface area contributed by atoms with Gasteiger partial charge < -0.3 is 19.7 Å². The molecule has 2 aromatic carbocycles. The van der Waals surface area contributed by atoms with E-state index in [9.17, 15) is 27.2 Å². The normalized spacial score (nSPS) is 11.1. The third-order valence-corrected chi connectivity index (χ3v) is 3.01. The molecule has 138 valence electrons. The van der Waals surface area contributed by atoms with Crippen LogP contribution in [0.4, 0.5) is 17.6 Å². The molecule has 0 aliphatic rings. The molecule has 0 amide bonds. The summed E-state index contributed by atoms with van der Waals surface area (Å²) in [6, 6.07) is 5.16. The van der Waals surface area contributed by atoms with Gasteiger partial charge in [-0.3, -0.25) is 0 Å². The quantitative estimate of drug-likeness (QED) is 0.747. The third-order valence-electron chi connectivity index (χ3n) is 3.01. The summed E-state index contributed by atoms with van der Waals surface area (Å²) in [5.41, 5.74) is -1.90. The van der Waals surface area contributed by atoms with Crippen molar-refractivity contribution < 1.29 is 46.8 Å². The van der Waals surface area contributed by atoms with E-state index in [0.717, 1.165) is 18.2 Å². The summed E-state index contributed by atoms with van der Waals surface area (Å²) in [7, 11) is 0. The molecule has 26 heavy (non-hydrogen) atoms. The monoisotopic (exact) mass is 374 g/mol. The van der Waals surface area contributed by atoms with Gasteiger partial charge in [-0.05, 0) is 30.3 Å². The predicted octanol–water partition coefficient (Wildman–Crippen LogP) is 3.80. The fraction of sp³-hybridized carbons (Fsp3) is 0.125. The molecule has 2 rings (SSSR count). The van der Waals surface area contributed by atoms with Crippen LogP contribution in [0.3, 0.4) is 0 Å². The number of hydrogen-bond donors (Lipinski definition) is 2. The molecule has 6 nitrogen and oxygen atoms in total. The van der Waals surface area contributed by atoms with Crippen LogP contribution in [0.25, 0.3) is 0 Å². The van der Waals surface area contributed by atoms with Gasteiger partial charge in [0.05, 0.1) is 5.56 Å². The highest BCUT2D eigenvalue weighted by atomic mass is 19.4. The Kier molecular flexibility index (Phi) is 5.34. The SMILES string of the molecule is O=C(O)COc1ccc(Oc2ccc(C(F)(F)F)c(F)c2)cc1C(=O)O. The van der Waals surface area contributed by atoms with Crippen molar-refractivity contribution in [2.75, 3.05) is 6.61 Å². The highest BCUT2D eigenvalue weighted by Gasteiger charge is 2.34. The average molecular weight is 374 g/mol. The van der Waals surface area contributed by atoms with Gasteiger partial charge in [0.25, 0.3) is 0 Å². The number of aliphatic carboxylic acids is 1. The summed E-state index contributed by atoms with van der Waals surface area (Å²) in [4.78, 5) is 21.7. The minimum absolute atomic E-state index is 0.121. The molecule has 0 unspecified atom stereocenters. The molecule has 2 aromatic rings. The molecular formula is C16H10F4O6. The summed E-state index contributed by atoms with van der Waals surface area (Å²) in [6.45, 7) is -0.773. The van der Waals surface area contributed by atoms with Gasteiger partial charge in [0.1, 0.15) is 28.6 Å². The molecule has 0 bridgehead atoms. The van der Waals surface area contributed by atoms with E-state index in [0.29, 0.717) is 12.1 Å². The minimum Gasteiger partial charge on any atom is -0.481 e. The first-order valence-corrected chi connectivity index (χ1v) is 6.84. The van der Waals surface area contributed by atoms with Crippen LogP contribution in [0.15, 0.2) is 36.4 Å². The van der Waals surface area contributed by atoms with Crippen LogP contribution in [0.2, 0.25) is 0 Å². The van der Waals surface area contributed by atoms with Crippen molar-refractivity contribution in [3.8, 4) is 17.2 Å². The van der Waals surface area contributed by atoms with Crippen molar-refractivity contribution in [1.29, 1.82) is 0 Å². The van der Waals surface area contributed by atoms with Crippen molar-refractivity contribution in [2.24, 2.45) is 0 Å². The summed E-state index contributed by atoms with van der Waals surface area (Å²) < 4.78 is 61.1. The molecule has 0 aliphatic carbocycles. The molecule has 0 saturated carbocycles. The predicted molar refractivity (Wildman–Crippen MR) is 78.0 cm³/mol. The van der Waals surface area contributed by atoms with Gasteiger partial charge in [0, 0.05) is 6.07 Å². The minimum atomic E-state index is -4.86. The van der Waals surface area contributed by atoms with Crippen molar-refractivity contribution in [3.63, 3.8) is 0 Å². The first-order valence-electron chi connectivity index (χ1n) is 6.84. The van der Waals surface area contributed by atoms with Crippen molar-refractivity contribution in [1.82, 2.24) is 0 Å². The molecule has 2 N–H and O–H groups in total. The molecule has 0 fully saturated rings. The molecular weight excluding hydrogens is 364 g/mol. The lowest BCUT2D eigenvalue weighted by atomic mass is 10.2. The maximum absolute atomic E-state index is 13.5. The summed E-state index contributed by atoms with van der Waals surface area (Å²) in [5.74, 6) is -4.97. The number of ether oxygens (including phenoxy) is 2. The molecule has 0 atom stereocenters. The van der Waals surface area contributed by atoms with E-state index < -0.39 is 41.7 Å². The number of benzene rings is 2. The second kappa shape index (κ2) is 7.30. The molecule has 0 radical (unpaired) electrons. The molecule has 0 aromatic heterocycles. The van der Waals surface area contributed by atoms with Crippen molar-refractivity contribution in [2.45, 2.75) is 6.18 Å². The lowest BCUT2D eigenvalue weighted by Gasteiger charge is -2.12. The van der Waals surface area contributed by atoms with Crippen molar-refractivity contribution >= 4 is 11.9 Å². The second-order valence-corrected chi connectivity index (χ2v) is 4.89. The van der Waals surface area contributed by atoms with Gasteiger partial charge >= 0.3 is 18.1 Å². The molecule has 0 aliphatic heterocycles. The third kappa shape index (κ3) is 4.62. The van der Waals surface area contributed by atoms with E-state index in [1.54, 1.807) is 0 Å². The Bertz CT molecular complexity index is 847. The zero-order valence-corrected chi connectivity index (χ0v) is 12.7. The number of aromatic carboxylic acids is 1.